The van der Waals surface area contributed by atoms with E-state index < -0.39 is 6.04 Å². The minimum Gasteiger partial charge on any atom is -0.344 e. The van der Waals surface area contributed by atoms with E-state index in [-0.39, 0.29) is 17.7 Å². The first-order valence-corrected chi connectivity index (χ1v) is 7.21. The number of anilines is 1. The quantitative estimate of drug-likeness (QED) is 0.869. The Morgan fingerprint density at radius 2 is 2.00 bits per heavy atom. The van der Waals surface area contributed by atoms with Gasteiger partial charge in [0.05, 0.1) is 5.69 Å². The maximum absolute atomic E-state index is 12.1. The summed E-state index contributed by atoms with van der Waals surface area (Å²) >= 11 is 1.46. The predicted molar refractivity (Wildman–Crippen MR) is 77.3 cm³/mol. The van der Waals surface area contributed by atoms with E-state index in [1.807, 2.05) is 27.7 Å². The van der Waals surface area contributed by atoms with E-state index in [1.165, 1.54) is 18.3 Å². The van der Waals surface area contributed by atoms with Crippen molar-refractivity contribution < 1.29 is 9.59 Å². The fourth-order valence-electron chi connectivity index (χ4n) is 1.75. The van der Waals surface area contributed by atoms with Crippen LogP contribution < -0.4 is 10.6 Å². The molecular weight excluding hydrogens is 262 g/mol. The summed E-state index contributed by atoms with van der Waals surface area (Å²) in [5.74, 6) is -0.407. The molecule has 1 atom stereocenters. The van der Waals surface area contributed by atoms with Crippen LogP contribution in [-0.2, 0) is 16.0 Å². The van der Waals surface area contributed by atoms with Crippen LogP contribution in [0.1, 0.15) is 38.3 Å². The van der Waals surface area contributed by atoms with Gasteiger partial charge in [-0.1, -0.05) is 20.8 Å². The third-order valence-electron chi connectivity index (χ3n) is 2.77. The molecule has 1 heterocycles. The number of amides is 2. The molecular formula is C13H21N3O2S. The normalized spacial score (nSPS) is 12.3. The van der Waals surface area contributed by atoms with Gasteiger partial charge in [0.25, 0.3) is 0 Å². The van der Waals surface area contributed by atoms with Gasteiger partial charge in [-0.2, -0.15) is 0 Å². The highest BCUT2D eigenvalue weighted by molar-refractivity contribution is 7.15. The smallest absolute Gasteiger partial charge is 0.248 e. The van der Waals surface area contributed by atoms with Gasteiger partial charge < -0.3 is 10.6 Å². The zero-order chi connectivity index (χ0) is 14.6. The molecule has 106 valence electrons. The van der Waals surface area contributed by atoms with E-state index in [0.717, 1.165) is 17.0 Å². The molecule has 19 heavy (non-hydrogen) atoms. The average molecular weight is 283 g/mol. The highest BCUT2D eigenvalue weighted by Gasteiger charge is 2.24. The molecule has 0 saturated heterocycles. The Morgan fingerprint density at radius 3 is 2.42 bits per heavy atom. The van der Waals surface area contributed by atoms with E-state index in [1.54, 1.807) is 0 Å². The Labute approximate surface area is 117 Å². The van der Waals surface area contributed by atoms with Crippen LogP contribution in [-0.4, -0.2) is 22.8 Å². The predicted octanol–water partition coefficient (Wildman–Crippen LogP) is 2.11. The van der Waals surface area contributed by atoms with Crippen LogP contribution in [0.4, 0.5) is 5.13 Å². The molecule has 0 aromatic carbocycles. The second kappa shape index (κ2) is 6.65. The number of rotatable bonds is 5. The van der Waals surface area contributed by atoms with Crippen LogP contribution >= 0.6 is 11.3 Å². The SMILES string of the molecule is CCc1nc(NC(=O)C(NC(C)=O)C(C)C)sc1C. The molecule has 1 aromatic heterocycles. The summed E-state index contributed by atoms with van der Waals surface area (Å²) < 4.78 is 0. The van der Waals surface area contributed by atoms with Crippen molar-refractivity contribution in [3.05, 3.63) is 10.6 Å². The summed E-state index contributed by atoms with van der Waals surface area (Å²) in [5.41, 5.74) is 1.00. The molecule has 1 rings (SSSR count). The Kier molecular flexibility index (Phi) is 5.47. The lowest BCUT2D eigenvalue weighted by Gasteiger charge is -2.20. The third kappa shape index (κ3) is 4.31. The second-order valence-electron chi connectivity index (χ2n) is 4.79. The molecule has 0 aliphatic rings. The molecule has 2 N–H and O–H groups in total. The number of hydrogen-bond donors (Lipinski definition) is 2. The lowest BCUT2D eigenvalue weighted by molar-refractivity contribution is -0.126. The van der Waals surface area contributed by atoms with E-state index in [9.17, 15) is 9.59 Å². The molecule has 6 heteroatoms. The van der Waals surface area contributed by atoms with Crippen molar-refractivity contribution in [2.24, 2.45) is 5.92 Å². The van der Waals surface area contributed by atoms with Gasteiger partial charge >= 0.3 is 0 Å². The highest BCUT2D eigenvalue weighted by Crippen LogP contribution is 2.22. The Hall–Kier alpha value is -1.43. The summed E-state index contributed by atoms with van der Waals surface area (Å²) in [7, 11) is 0. The zero-order valence-corrected chi connectivity index (χ0v) is 12.9. The topological polar surface area (TPSA) is 71.1 Å². The third-order valence-corrected chi connectivity index (χ3v) is 3.69. The van der Waals surface area contributed by atoms with Crippen LogP contribution in [0.5, 0.6) is 0 Å². The standard InChI is InChI=1S/C13H21N3O2S/c1-6-10-8(4)19-13(15-10)16-12(18)11(7(2)3)14-9(5)17/h7,11H,6H2,1-5H3,(H,14,17)(H,15,16,18). The van der Waals surface area contributed by atoms with Crippen molar-refractivity contribution in [3.8, 4) is 0 Å². The number of thiazole rings is 1. The minimum atomic E-state index is -0.535. The molecule has 2 amide bonds. The number of hydrogen-bond acceptors (Lipinski definition) is 4. The molecule has 5 nitrogen and oxygen atoms in total. The fraction of sp³-hybridized carbons (Fsp3) is 0.615. The van der Waals surface area contributed by atoms with Gasteiger partial charge in [0.1, 0.15) is 6.04 Å². The lowest BCUT2D eigenvalue weighted by atomic mass is 10.0. The number of carbonyl (C=O) groups is 2. The molecule has 0 radical (unpaired) electrons. The van der Waals surface area contributed by atoms with Crippen LogP contribution in [0.3, 0.4) is 0 Å². The maximum Gasteiger partial charge on any atom is 0.248 e. The van der Waals surface area contributed by atoms with Crippen molar-refractivity contribution in [3.63, 3.8) is 0 Å². The Balaban J connectivity index is 2.78. The van der Waals surface area contributed by atoms with Gasteiger partial charge in [-0.05, 0) is 19.3 Å². The minimum absolute atomic E-state index is 0.0237. The first-order chi connectivity index (χ1) is 8.85. The summed E-state index contributed by atoms with van der Waals surface area (Å²) in [5, 5.41) is 6.03. The van der Waals surface area contributed by atoms with Crippen molar-refractivity contribution in [2.45, 2.75) is 47.1 Å². The zero-order valence-electron chi connectivity index (χ0n) is 12.0. The van der Waals surface area contributed by atoms with Gasteiger partial charge in [-0.3, -0.25) is 9.59 Å². The fourth-order valence-corrected chi connectivity index (χ4v) is 2.65. The monoisotopic (exact) mass is 283 g/mol. The van der Waals surface area contributed by atoms with Crippen LogP contribution in [0.2, 0.25) is 0 Å². The number of nitrogens with one attached hydrogen (secondary N) is 2. The maximum atomic E-state index is 12.1. The number of nitrogens with zero attached hydrogens (tertiary/aromatic N) is 1. The number of carbonyl (C=O) groups excluding carboxylic acids is 2. The number of aryl methyl sites for hydroxylation is 2. The Bertz CT molecular complexity index is 468. The molecule has 0 aliphatic heterocycles. The van der Waals surface area contributed by atoms with Crippen LogP contribution in [0.25, 0.3) is 0 Å². The highest BCUT2D eigenvalue weighted by atomic mass is 32.1. The van der Waals surface area contributed by atoms with Gasteiger partial charge in [0.15, 0.2) is 5.13 Å². The molecule has 0 saturated carbocycles. The van der Waals surface area contributed by atoms with Crippen LogP contribution in [0, 0.1) is 12.8 Å². The second-order valence-corrected chi connectivity index (χ2v) is 5.99. The first kappa shape index (κ1) is 15.6. The summed E-state index contributed by atoms with van der Waals surface area (Å²) in [4.78, 5) is 28.7. The van der Waals surface area contributed by atoms with E-state index >= 15 is 0 Å². The molecule has 0 aliphatic carbocycles. The largest absolute Gasteiger partial charge is 0.344 e. The van der Waals surface area contributed by atoms with Gasteiger partial charge in [0.2, 0.25) is 11.8 Å². The average Bonchev–Trinajstić information content (AvgIpc) is 2.65. The van der Waals surface area contributed by atoms with Gasteiger partial charge in [0, 0.05) is 11.8 Å². The van der Waals surface area contributed by atoms with Crippen molar-refractivity contribution >= 4 is 28.3 Å². The summed E-state index contributed by atoms with van der Waals surface area (Å²) in [6.45, 7) is 9.21. The summed E-state index contributed by atoms with van der Waals surface area (Å²) in [6, 6.07) is -0.535. The van der Waals surface area contributed by atoms with Crippen molar-refractivity contribution in [1.82, 2.24) is 10.3 Å². The summed E-state index contributed by atoms with van der Waals surface area (Å²) in [6.07, 6.45) is 0.845. The molecule has 0 spiro atoms. The molecule has 0 fully saturated rings. The first-order valence-electron chi connectivity index (χ1n) is 6.39. The van der Waals surface area contributed by atoms with Gasteiger partial charge in [-0.15, -0.1) is 11.3 Å². The van der Waals surface area contributed by atoms with E-state index in [4.69, 9.17) is 0 Å². The Morgan fingerprint density at radius 1 is 1.37 bits per heavy atom. The molecule has 1 aromatic rings. The number of aromatic nitrogens is 1. The molecule has 1 unspecified atom stereocenters. The van der Waals surface area contributed by atoms with Crippen molar-refractivity contribution in [2.75, 3.05) is 5.32 Å². The molecule has 0 bridgehead atoms. The van der Waals surface area contributed by atoms with Crippen LogP contribution in [0.15, 0.2) is 0 Å². The van der Waals surface area contributed by atoms with Gasteiger partial charge in [-0.25, -0.2) is 4.98 Å². The van der Waals surface area contributed by atoms with E-state index in [0.29, 0.717) is 5.13 Å². The van der Waals surface area contributed by atoms with Crippen molar-refractivity contribution in [1.29, 1.82) is 0 Å². The lowest BCUT2D eigenvalue weighted by Crippen LogP contribution is -2.46. The van der Waals surface area contributed by atoms with E-state index in [2.05, 4.69) is 15.6 Å².